The molecule has 1 aliphatic rings. The number of thioether (sulfide) groups is 1. The summed E-state index contributed by atoms with van der Waals surface area (Å²) in [5, 5.41) is 1.51. The van der Waals surface area contributed by atoms with Crippen LogP contribution in [0.25, 0.3) is 6.08 Å². The smallest absolute Gasteiger partial charge is 0.285 e. The number of hydrogen-bond acceptors (Lipinski definition) is 5. The number of nitrogens with zero attached hydrogens (tertiary/aromatic N) is 1. The molecular weight excluding hydrogens is 476 g/mol. The number of hydrogen-bond donors (Lipinski definition) is 1. The molecule has 0 aromatic heterocycles. The Morgan fingerprint density at radius 3 is 2.61 bits per heavy atom. The van der Waals surface area contributed by atoms with E-state index in [1.165, 1.54) is 11.6 Å². The average molecular weight is 495 g/mol. The fourth-order valence-corrected chi connectivity index (χ4v) is 4.51. The second-order valence-corrected chi connectivity index (χ2v) is 9.43. The highest BCUT2D eigenvalue weighted by molar-refractivity contribution is 8.26. The maximum atomic E-state index is 12.8. The van der Waals surface area contributed by atoms with E-state index < -0.39 is 5.91 Å². The topological polar surface area (TPSA) is 58.6 Å². The van der Waals surface area contributed by atoms with Gasteiger partial charge in [-0.05, 0) is 66.7 Å². The van der Waals surface area contributed by atoms with Crippen molar-refractivity contribution < 1.29 is 14.3 Å². The number of halogens is 1. The molecule has 0 unspecified atom stereocenters. The quantitative estimate of drug-likeness (QED) is 0.348. The van der Waals surface area contributed by atoms with Crippen molar-refractivity contribution in [3.8, 4) is 5.75 Å². The predicted molar refractivity (Wildman–Crippen MR) is 136 cm³/mol. The number of amides is 2. The lowest BCUT2D eigenvalue weighted by atomic mass is 10.1. The van der Waals surface area contributed by atoms with Crippen LogP contribution in [0.5, 0.6) is 5.75 Å². The Labute approximate surface area is 206 Å². The van der Waals surface area contributed by atoms with E-state index in [0.29, 0.717) is 22.1 Å². The number of thiocarbonyl (C=S) groups is 1. The van der Waals surface area contributed by atoms with Crippen LogP contribution in [0.4, 0.5) is 0 Å². The fourth-order valence-electron chi connectivity index (χ4n) is 3.14. The number of carbonyl (C=O) groups is 2. The number of benzene rings is 3. The minimum Gasteiger partial charge on any atom is -0.489 e. The van der Waals surface area contributed by atoms with Gasteiger partial charge in [-0.1, -0.05) is 71.4 Å². The number of carbonyl (C=O) groups excluding carboxylic acids is 2. The molecule has 4 rings (SSSR count). The second-order valence-electron chi connectivity index (χ2n) is 7.32. The van der Waals surface area contributed by atoms with E-state index in [4.69, 9.17) is 28.6 Å². The Morgan fingerprint density at radius 1 is 1.12 bits per heavy atom. The summed E-state index contributed by atoms with van der Waals surface area (Å²) in [6.07, 6.45) is 1.73. The van der Waals surface area contributed by atoms with E-state index in [9.17, 15) is 9.59 Å². The third kappa shape index (κ3) is 5.82. The van der Waals surface area contributed by atoms with Gasteiger partial charge in [0.25, 0.3) is 11.8 Å². The molecule has 3 aromatic carbocycles. The summed E-state index contributed by atoms with van der Waals surface area (Å²) in [7, 11) is 0. The van der Waals surface area contributed by atoms with Gasteiger partial charge in [-0.2, -0.15) is 5.01 Å². The molecule has 1 fully saturated rings. The van der Waals surface area contributed by atoms with Gasteiger partial charge >= 0.3 is 0 Å². The molecule has 0 atom stereocenters. The zero-order chi connectivity index (χ0) is 23.4. The molecule has 0 saturated carbocycles. The van der Waals surface area contributed by atoms with Crippen molar-refractivity contribution in [3.63, 3.8) is 0 Å². The summed E-state index contributed by atoms with van der Waals surface area (Å²) in [4.78, 5) is 25.7. The molecule has 8 heteroatoms. The number of ether oxygens (including phenoxy) is 1. The Bertz CT molecular complexity index is 1260. The number of aryl methyl sites for hydroxylation is 1. The van der Waals surface area contributed by atoms with Gasteiger partial charge in [0.15, 0.2) is 4.32 Å². The summed E-state index contributed by atoms with van der Waals surface area (Å²) in [5.41, 5.74) is 5.99. The lowest BCUT2D eigenvalue weighted by Gasteiger charge is -2.15. The van der Waals surface area contributed by atoms with E-state index in [1.807, 2.05) is 49.4 Å². The van der Waals surface area contributed by atoms with Gasteiger partial charge < -0.3 is 4.74 Å². The molecule has 3 aromatic rings. The third-order valence-electron chi connectivity index (χ3n) is 4.76. The van der Waals surface area contributed by atoms with E-state index >= 15 is 0 Å². The summed E-state index contributed by atoms with van der Waals surface area (Å²) >= 11 is 12.3. The first-order chi connectivity index (χ1) is 15.9. The van der Waals surface area contributed by atoms with Crippen LogP contribution in [-0.4, -0.2) is 21.1 Å². The van der Waals surface area contributed by atoms with Gasteiger partial charge in [0.2, 0.25) is 0 Å². The number of nitrogens with one attached hydrogen (secondary N) is 1. The zero-order valence-electron chi connectivity index (χ0n) is 17.6. The van der Waals surface area contributed by atoms with Gasteiger partial charge in [0.1, 0.15) is 12.4 Å². The van der Waals surface area contributed by atoms with E-state index in [1.54, 1.807) is 24.3 Å². The second kappa shape index (κ2) is 10.2. The van der Waals surface area contributed by atoms with Crippen LogP contribution < -0.4 is 10.2 Å². The van der Waals surface area contributed by atoms with E-state index in [-0.39, 0.29) is 10.2 Å². The van der Waals surface area contributed by atoms with Crippen LogP contribution in [0, 0.1) is 6.92 Å². The molecule has 1 saturated heterocycles. The molecule has 166 valence electrons. The van der Waals surface area contributed by atoms with Crippen molar-refractivity contribution >= 4 is 57.8 Å². The Hall–Kier alpha value is -3.13. The Balaban J connectivity index is 1.40. The van der Waals surface area contributed by atoms with Crippen LogP contribution in [0.15, 0.2) is 77.7 Å². The normalized spacial score (nSPS) is 14.6. The molecule has 0 bridgehead atoms. The molecule has 2 amide bonds. The molecule has 5 nitrogen and oxygen atoms in total. The highest BCUT2D eigenvalue weighted by atomic mass is 35.5. The van der Waals surface area contributed by atoms with Gasteiger partial charge in [0, 0.05) is 10.6 Å². The average Bonchev–Trinajstić information content (AvgIpc) is 3.06. The summed E-state index contributed by atoms with van der Waals surface area (Å²) in [6, 6.07) is 22.0. The van der Waals surface area contributed by atoms with Crippen LogP contribution in [0.1, 0.15) is 27.0 Å². The van der Waals surface area contributed by atoms with Crippen molar-refractivity contribution in [1.82, 2.24) is 10.4 Å². The van der Waals surface area contributed by atoms with Gasteiger partial charge in [0.05, 0.1) is 4.91 Å². The lowest BCUT2D eigenvalue weighted by Crippen LogP contribution is -2.44. The molecule has 1 heterocycles. The zero-order valence-corrected chi connectivity index (χ0v) is 20.0. The summed E-state index contributed by atoms with van der Waals surface area (Å²) in [6.45, 7) is 2.52. The van der Waals surface area contributed by atoms with E-state index in [0.717, 1.165) is 33.6 Å². The first-order valence-corrected chi connectivity index (χ1v) is 11.6. The molecule has 0 aliphatic carbocycles. The van der Waals surface area contributed by atoms with Crippen molar-refractivity contribution in [2.24, 2.45) is 0 Å². The minimum absolute atomic E-state index is 0.250. The first-order valence-electron chi connectivity index (χ1n) is 10.0. The van der Waals surface area contributed by atoms with Crippen molar-refractivity contribution in [2.75, 3.05) is 0 Å². The molecule has 1 N–H and O–H groups in total. The highest BCUT2D eigenvalue weighted by Crippen LogP contribution is 2.32. The molecule has 0 spiro atoms. The van der Waals surface area contributed by atoms with Crippen molar-refractivity contribution in [2.45, 2.75) is 13.5 Å². The van der Waals surface area contributed by atoms with Crippen LogP contribution >= 0.6 is 35.6 Å². The van der Waals surface area contributed by atoms with Gasteiger partial charge in [-0.15, -0.1) is 0 Å². The van der Waals surface area contributed by atoms with Crippen LogP contribution in [-0.2, 0) is 11.4 Å². The Morgan fingerprint density at radius 2 is 1.88 bits per heavy atom. The predicted octanol–water partition coefficient (Wildman–Crippen LogP) is 5.77. The van der Waals surface area contributed by atoms with Crippen LogP contribution in [0.3, 0.4) is 0 Å². The third-order valence-corrected chi connectivity index (χ3v) is 6.30. The maximum absolute atomic E-state index is 12.8. The summed E-state index contributed by atoms with van der Waals surface area (Å²) < 4.78 is 6.09. The van der Waals surface area contributed by atoms with Crippen molar-refractivity contribution in [3.05, 3.63) is 105 Å². The van der Waals surface area contributed by atoms with Gasteiger partial charge in [-0.3, -0.25) is 15.0 Å². The lowest BCUT2D eigenvalue weighted by molar-refractivity contribution is -0.123. The fraction of sp³-hybridized carbons (Fsp3) is 0.0800. The van der Waals surface area contributed by atoms with Crippen molar-refractivity contribution in [1.29, 1.82) is 0 Å². The highest BCUT2D eigenvalue weighted by Gasteiger charge is 2.33. The number of rotatable bonds is 6. The molecule has 1 aliphatic heterocycles. The molecule has 0 radical (unpaired) electrons. The SMILES string of the molecule is Cc1cccc(COc2ccc(/C=C3/SC(=S)N(NC(=O)c4cccc(Cl)c4)C3=O)cc2)c1. The van der Waals surface area contributed by atoms with Gasteiger partial charge in [-0.25, -0.2) is 0 Å². The Kier molecular flexibility index (Phi) is 7.13. The van der Waals surface area contributed by atoms with E-state index in [2.05, 4.69) is 11.5 Å². The monoisotopic (exact) mass is 494 g/mol. The van der Waals surface area contributed by atoms with Crippen LogP contribution in [0.2, 0.25) is 5.02 Å². The number of hydrazine groups is 1. The molecular formula is C25H19ClN2O3S2. The standard InChI is InChI=1S/C25H19ClN2O3S2/c1-16-4-2-5-18(12-16)15-31-21-10-8-17(9-11-21)13-22-24(30)28(25(32)33-22)27-23(29)19-6-3-7-20(26)14-19/h2-14H,15H2,1H3,(H,27,29)/b22-13+. The molecule has 33 heavy (non-hydrogen) atoms. The first kappa shape index (κ1) is 23.0. The summed E-state index contributed by atoms with van der Waals surface area (Å²) in [5.74, 6) is -0.125. The largest absolute Gasteiger partial charge is 0.489 e. The minimum atomic E-state index is -0.467. The maximum Gasteiger partial charge on any atom is 0.285 e.